The zero-order valence-corrected chi connectivity index (χ0v) is 14.5. The number of aryl methyl sites for hydroxylation is 2. The largest absolute Gasteiger partial charge is 0.339 e. The van der Waals surface area contributed by atoms with Crippen molar-refractivity contribution in [3.8, 4) is 0 Å². The van der Waals surface area contributed by atoms with E-state index < -0.39 is 0 Å². The Kier molecular flexibility index (Phi) is 4.43. The molecule has 0 unspecified atom stereocenters. The summed E-state index contributed by atoms with van der Waals surface area (Å²) in [6, 6.07) is 0.255. The van der Waals surface area contributed by atoms with Gasteiger partial charge in [-0.15, -0.1) is 0 Å². The molecular weight excluding hydrogens is 314 g/mol. The van der Waals surface area contributed by atoms with Gasteiger partial charge in [-0.05, 0) is 39.2 Å². The van der Waals surface area contributed by atoms with Gasteiger partial charge >= 0.3 is 0 Å². The topological polar surface area (TPSA) is 56.0 Å². The summed E-state index contributed by atoms with van der Waals surface area (Å²) in [6.45, 7) is 7.51. The molecule has 0 bridgehead atoms. The van der Waals surface area contributed by atoms with Crippen LogP contribution in [0.2, 0.25) is 5.02 Å². The Morgan fingerprint density at radius 2 is 2.17 bits per heavy atom. The fraction of sp³-hybridized carbons (Fsp3) is 0.562. The third-order valence-corrected chi connectivity index (χ3v) is 4.98. The summed E-state index contributed by atoms with van der Waals surface area (Å²) >= 11 is 6.15. The van der Waals surface area contributed by atoms with Crippen LogP contribution in [0, 0.1) is 20.8 Å². The van der Waals surface area contributed by atoms with Crippen LogP contribution >= 0.6 is 11.6 Å². The second-order valence-electron chi connectivity index (χ2n) is 6.28. The minimum atomic E-state index is 0.0841. The van der Waals surface area contributed by atoms with Crippen molar-refractivity contribution in [2.45, 2.75) is 46.2 Å². The lowest BCUT2D eigenvalue weighted by Gasteiger charge is -2.33. The highest BCUT2D eigenvalue weighted by Crippen LogP contribution is 2.22. The Balaban J connectivity index is 1.68. The standard InChI is InChI=1S/C16H22ClN5O/c1-11-7-18-22(8-11)14-5-4-6-20(9-14)15(23)10-21-13(3)16(17)12(2)19-21/h7-8,14H,4-6,9-10H2,1-3H3/t14-/m0/s1. The Morgan fingerprint density at radius 1 is 1.39 bits per heavy atom. The van der Waals surface area contributed by atoms with Gasteiger partial charge in [-0.2, -0.15) is 10.2 Å². The highest BCUT2D eigenvalue weighted by atomic mass is 35.5. The van der Waals surface area contributed by atoms with Crippen LogP contribution in [0.1, 0.15) is 35.8 Å². The first-order valence-electron chi connectivity index (χ1n) is 7.93. The van der Waals surface area contributed by atoms with Crippen molar-refractivity contribution in [3.63, 3.8) is 0 Å². The monoisotopic (exact) mass is 335 g/mol. The maximum absolute atomic E-state index is 12.6. The van der Waals surface area contributed by atoms with Gasteiger partial charge in [0.2, 0.25) is 5.91 Å². The zero-order valence-electron chi connectivity index (χ0n) is 13.8. The molecule has 0 aliphatic carbocycles. The van der Waals surface area contributed by atoms with E-state index in [9.17, 15) is 4.79 Å². The third-order valence-electron chi connectivity index (χ3n) is 4.43. The summed E-state index contributed by atoms with van der Waals surface area (Å²) in [5.41, 5.74) is 2.75. The first-order chi connectivity index (χ1) is 11.0. The summed E-state index contributed by atoms with van der Waals surface area (Å²) in [4.78, 5) is 14.5. The van der Waals surface area contributed by atoms with E-state index in [-0.39, 0.29) is 18.5 Å². The van der Waals surface area contributed by atoms with Crippen LogP contribution in [0.5, 0.6) is 0 Å². The Hall–Kier alpha value is -1.82. The molecule has 6 nitrogen and oxygen atoms in total. The predicted molar refractivity (Wildman–Crippen MR) is 88.5 cm³/mol. The molecule has 0 aromatic carbocycles. The molecule has 1 aliphatic heterocycles. The number of hydrogen-bond acceptors (Lipinski definition) is 3. The fourth-order valence-electron chi connectivity index (χ4n) is 3.09. The summed E-state index contributed by atoms with van der Waals surface area (Å²) in [5, 5.41) is 9.37. The number of rotatable bonds is 3. The minimum absolute atomic E-state index is 0.0841. The normalized spacial score (nSPS) is 18.4. The summed E-state index contributed by atoms with van der Waals surface area (Å²) in [5.74, 6) is 0.0841. The van der Waals surface area contributed by atoms with Gasteiger partial charge < -0.3 is 4.90 Å². The Labute approximate surface area is 141 Å². The first-order valence-corrected chi connectivity index (χ1v) is 8.31. The van der Waals surface area contributed by atoms with E-state index in [1.807, 2.05) is 42.7 Å². The molecule has 3 rings (SSSR count). The lowest BCUT2D eigenvalue weighted by atomic mass is 10.1. The molecule has 1 fully saturated rings. The van der Waals surface area contributed by atoms with E-state index in [1.165, 1.54) is 0 Å². The van der Waals surface area contributed by atoms with Gasteiger partial charge in [-0.1, -0.05) is 11.6 Å². The van der Waals surface area contributed by atoms with Crippen LogP contribution < -0.4 is 0 Å². The number of likely N-dealkylation sites (tertiary alicyclic amines) is 1. The number of nitrogens with zero attached hydrogens (tertiary/aromatic N) is 5. The molecular formula is C16H22ClN5O. The van der Waals surface area contributed by atoms with Crippen molar-refractivity contribution in [2.24, 2.45) is 0 Å². The lowest BCUT2D eigenvalue weighted by molar-refractivity contribution is -0.133. The van der Waals surface area contributed by atoms with Crippen molar-refractivity contribution < 1.29 is 4.79 Å². The molecule has 0 radical (unpaired) electrons. The molecule has 0 N–H and O–H groups in total. The molecule has 2 aromatic heterocycles. The van der Waals surface area contributed by atoms with E-state index >= 15 is 0 Å². The molecule has 0 spiro atoms. The maximum atomic E-state index is 12.6. The molecule has 124 valence electrons. The molecule has 7 heteroatoms. The summed E-state index contributed by atoms with van der Waals surface area (Å²) in [6.07, 6.45) is 5.95. The summed E-state index contributed by atoms with van der Waals surface area (Å²) in [7, 11) is 0. The van der Waals surface area contributed by atoms with Crippen LogP contribution in [0.3, 0.4) is 0 Å². The Morgan fingerprint density at radius 3 is 2.78 bits per heavy atom. The van der Waals surface area contributed by atoms with Crippen molar-refractivity contribution in [2.75, 3.05) is 13.1 Å². The van der Waals surface area contributed by atoms with E-state index in [2.05, 4.69) is 10.2 Å². The number of halogens is 1. The van der Waals surface area contributed by atoms with Crippen molar-refractivity contribution >= 4 is 17.5 Å². The molecule has 1 atom stereocenters. The molecule has 1 aliphatic rings. The van der Waals surface area contributed by atoms with Crippen molar-refractivity contribution in [1.29, 1.82) is 0 Å². The number of piperidine rings is 1. The van der Waals surface area contributed by atoms with Gasteiger partial charge in [0.15, 0.2) is 0 Å². The fourth-order valence-corrected chi connectivity index (χ4v) is 3.22. The van der Waals surface area contributed by atoms with Gasteiger partial charge in [0.25, 0.3) is 0 Å². The van der Waals surface area contributed by atoms with Gasteiger partial charge in [-0.3, -0.25) is 14.2 Å². The predicted octanol–water partition coefficient (Wildman–Crippen LogP) is 2.52. The van der Waals surface area contributed by atoms with Crippen molar-refractivity contribution in [1.82, 2.24) is 24.5 Å². The van der Waals surface area contributed by atoms with Crippen LogP contribution in [0.15, 0.2) is 12.4 Å². The highest BCUT2D eigenvalue weighted by molar-refractivity contribution is 6.31. The second kappa shape index (κ2) is 6.35. The third kappa shape index (κ3) is 3.27. The van der Waals surface area contributed by atoms with Crippen LogP contribution in [-0.2, 0) is 11.3 Å². The number of amides is 1. The average molecular weight is 336 g/mol. The quantitative estimate of drug-likeness (QED) is 0.866. The van der Waals surface area contributed by atoms with Crippen LogP contribution in [-0.4, -0.2) is 43.5 Å². The van der Waals surface area contributed by atoms with Crippen LogP contribution in [0.25, 0.3) is 0 Å². The highest BCUT2D eigenvalue weighted by Gasteiger charge is 2.26. The van der Waals surface area contributed by atoms with E-state index in [0.717, 1.165) is 36.3 Å². The molecule has 23 heavy (non-hydrogen) atoms. The van der Waals surface area contributed by atoms with E-state index in [4.69, 9.17) is 11.6 Å². The molecule has 2 aromatic rings. The SMILES string of the molecule is Cc1cnn([C@H]2CCCN(C(=O)Cn3nc(C)c(Cl)c3C)C2)c1. The van der Waals surface area contributed by atoms with Gasteiger partial charge in [0, 0.05) is 19.3 Å². The van der Waals surface area contributed by atoms with Gasteiger partial charge in [0.05, 0.1) is 28.6 Å². The lowest BCUT2D eigenvalue weighted by Crippen LogP contribution is -2.42. The molecule has 0 saturated carbocycles. The smallest absolute Gasteiger partial charge is 0.244 e. The number of carbonyl (C=O) groups is 1. The average Bonchev–Trinajstić information content (AvgIpc) is 3.07. The van der Waals surface area contributed by atoms with Crippen molar-refractivity contribution in [3.05, 3.63) is 34.4 Å². The maximum Gasteiger partial charge on any atom is 0.244 e. The van der Waals surface area contributed by atoms with E-state index in [0.29, 0.717) is 11.6 Å². The molecule has 1 amide bonds. The minimum Gasteiger partial charge on any atom is -0.339 e. The first kappa shape index (κ1) is 16.1. The number of aromatic nitrogens is 4. The van der Waals surface area contributed by atoms with Crippen LogP contribution in [0.4, 0.5) is 0 Å². The second-order valence-corrected chi connectivity index (χ2v) is 6.65. The van der Waals surface area contributed by atoms with Gasteiger partial charge in [-0.25, -0.2) is 0 Å². The number of carbonyl (C=O) groups excluding carboxylic acids is 1. The Bertz CT molecular complexity index is 720. The number of hydrogen-bond donors (Lipinski definition) is 0. The molecule has 3 heterocycles. The molecule has 1 saturated heterocycles. The zero-order chi connectivity index (χ0) is 16.6. The van der Waals surface area contributed by atoms with E-state index in [1.54, 1.807) is 4.68 Å². The summed E-state index contributed by atoms with van der Waals surface area (Å²) < 4.78 is 3.68. The van der Waals surface area contributed by atoms with Gasteiger partial charge in [0.1, 0.15) is 6.54 Å².